The number of carbonyl (C=O) groups is 2. The number of anilines is 2. The summed E-state index contributed by atoms with van der Waals surface area (Å²) in [4.78, 5) is 24.8. The van der Waals surface area contributed by atoms with Crippen LogP contribution in [0.3, 0.4) is 0 Å². The van der Waals surface area contributed by atoms with E-state index in [1.807, 2.05) is 13.8 Å². The van der Waals surface area contributed by atoms with Crippen LogP contribution in [0.25, 0.3) is 0 Å². The Kier molecular flexibility index (Phi) is 11.9. The van der Waals surface area contributed by atoms with E-state index in [1.165, 1.54) is 0 Å². The van der Waals surface area contributed by atoms with Gasteiger partial charge in [0, 0.05) is 13.1 Å². The van der Waals surface area contributed by atoms with Crippen molar-refractivity contribution in [3.05, 3.63) is 48.5 Å². The van der Waals surface area contributed by atoms with Crippen molar-refractivity contribution in [3.8, 4) is 11.5 Å². The average molecular weight is 585 g/mol. The molecule has 2 N–H and O–H groups in total. The Bertz CT molecular complexity index is 1200. The maximum Gasteiger partial charge on any atom is 0.240 e. The molecule has 2 amide bonds. The fourth-order valence-corrected chi connectivity index (χ4v) is 5.18. The molecule has 0 atom stereocenters. The van der Waals surface area contributed by atoms with Gasteiger partial charge in [-0.2, -0.15) is 0 Å². The standard InChI is InChI=1S/C25H36N4O8S2/c1-5-36-22-12-8-20(9-13-22)28(38(3,32)33)18-24(30)26-16-7-17-27-25(31)19-29(39(4,34)35)21-10-14-23(15-11-21)37-6-2/h8-15H,5-7,16-19H2,1-4H3,(H,26,30)(H,27,31). The van der Waals surface area contributed by atoms with E-state index in [1.54, 1.807) is 48.5 Å². The lowest BCUT2D eigenvalue weighted by Gasteiger charge is -2.22. The monoisotopic (exact) mass is 584 g/mol. The molecule has 0 saturated heterocycles. The second-order valence-corrected chi connectivity index (χ2v) is 12.3. The summed E-state index contributed by atoms with van der Waals surface area (Å²) in [6, 6.07) is 12.7. The summed E-state index contributed by atoms with van der Waals surface area (Å²) in [7, 11) is -7.45. The van der Waals surface area contributed by atoms with Crippen LogP contribution in [-0.4, -0.2) is 80.6 Å². The molecule has 39 heavy (non-hydrogen) atoms. The molecule has 2 rings (SSSR count). The maximum atomic E-state index is 12.4. The Morgan fingerprint density at radius 2 is 1.00 bits per heavy atom. The van der Waals surface area contributed by atoms with Crippen molar-refractivity contribution in [3.63, 3.8) is 0 Å². The number of rotatable bonds is 16. The zero-order valence-electron chi connectivity index (χ0n) is 22.5. The van der Waals surface area contributed by atoms with Gasteiger partial charge < -0.3 is 20.1 Å². The van der Waals surface area contributed by atoms with E-state index >= 15 is 0 Å². The molecule has 12 nitrogen and oxygen atoms in total. The first kappa shape index (κ1) is 31.7. The molecule has 0 fully saturated rings. The Morgan fingerprint density at radius 1 is 0.667 bits per heavy atom. The molecule has 0 aromatic heterocycles. The molecule has 0 bridgehead atoms. The van der Waals surface area contributed by atoms with Gasteiger partial charge in [0.1, 0.15) is 24.6 Å². The molecule has 0 aliphatic heterocycles. The number of hydrogen-bond donors (Lipinski definition) is 2. The molecule has 2 aromatic rings. The zero-order valence-corrected chi connectivity index (χ0v) is 24.2. The van der Waals surface area contributed by atoms with Crippen molar-refractivity contribution in [1.82, 2.24) is 10.6 Å². The molecular weight excluding hydrogens is 548 g/mol. The van der Waals surface area contributed by atoms with Gasteiger partial charge in [-0.1, -0.05) is 0 Å². The fourth-order valence-electron chi connectivity index (χ4n) is 3.47. The van der Waals surface area contributed by atoms with E-state index < -0.39 is 45.0 Å². The fraction of sp³-hybridized carbons (Fsp3) is 0.440. The largest absolute Gasteiger partial charge is 0.494 e. The topological polar surface area (TPSA) is 151 Å². The minimum atomic E-state index is -3.72. The summed E-state index contributed by atoms with van der Waals surface area (Å²) in [5.74, 6) is 0.138. The predicted octanol–water partition coefficient (Wildman–Crippen LogP) is 1.34. The molecule has 2 aromatic carbocycles. The minimum absolute atomic E-state index is 0.175. The number of nitrogens with zero attached hydrogens (tertiary/aromatic N) is 2. The lowest BCUT2D eigenvalue weighted by atomic mass is 10.3. The van der Waals surface area contributed by atoms with Crippen LogP contribution >= 0.6 is 0 Å². The van der Waals surface area contributed by atoms with Crippen LogP contribution < -0.4 is 28.7 Å². The lowest BCUT2D eigenvalue weighted by Crippen LogP contribution is -2.42. The van der Waals surface area contributed by atoms with Crippen LogP contribution in [0.15, 0.2) is 48.5 Å². The van der Waals surface area contributed by atoms with Crippen LogP contribution in [0.2, 0.25) is 0 Å². The first-order valence-electron chi connectivity index (χ1n) is 12.3. The quantitative estimate of drug-likeness (QED) is 0.281. The van der Waals surface area contributed by atoms with Gasteiger partial charge in [0.05, 0.1) is 37.1 Å². The third kappa shape index (κ3) is 10.6. The lowest BCUT2D eigenvalue weighted by molar-refractivity contribution is -0.119. The van der Waals surface area contributed by atoms with Crippen LogP contribution in [0, 0.1) is 0 Å². The molecule has 0 heterocycles. The summed E-state index contributed by atoms with van der Waals surface area (Å²) >= 11 is 0. The third-order valence-corrected chi connectivity index (χ3v) is 7.53. The highest BCUT2D eigenvalue weighted by molar-refractivity contribution is 7.92. The number of nitrogens with one attached hydrogen (secondary N) is 2. The highest BCUT2D eigenvalue weighted by Crippen LogP contribution is 2.22. The van der Waals surface area contributed by atoms with Gasteiger partial charge in [0.25, 0.3) is 0 Å². The minimum Gasteiger partial charge on any atom is -0.494 e. The molecule has 0 aliphatic rings. The van der Waals surface area contributed by atoms with Gasteiger partial charge in [0.2, 0.25) is 31.9 Å². The Morgan fingerprint density at radius 3 is 1.28 bits per heavy atom. The molecule has 0 aliphatic carbocycles. The van der Waals surface area contributed by atoms with Crippen LogP contribution in [0.1, 0.15) is 20.3 Å². The van der Waals surface area contributed by atoms with Crippen LogP contribution in [-0.2, 0) is 29.6 Å². The summed E-state index contributed by atoms with van der Waals surface area (Å²) in [5, 5.41) is 5.26. The first-order valence-corrected chi connectivity index (χ1v) is 16.0. The molecule has 0 spiro atoms. The Labute approximate surface area is 230 Å². The molecule has 0 radical (unpaired) electrons. The van der Waals surface area contributed by atoms with E-state index in [0.717, 1.165) is 21.1 Å². The van der Waals surface area contributed by atoms with E-state index in [2.05, 4.69) is 10.6 Å². The van der Waals surface area contributed by atoms with Gasteiger partial charge in [-0.25, -0.2) is 16.8 Å². The predicted molar refractivity (Wildman–Crippen MR) is 150 cm³/mol. The second-order valence-electron chi connectivity index (χ2n) is 8.45. The Hall–Kier alpha value is -3.52. The van der Waals surface area contributed by atoms with Crippen molar-refractivity contribution in [2.75, 3.05) is 60.5 Å². The van der Waals surface area contributed by atoms with Crippen molar-refractivity contribution in [2.45, 2.75) is 20.3 Å². The summed E-state index contributed by atoms with van der Waals surface area (Å²) in [5.41, 5.74) is 0.651. The van der Waals surface area contributed by atoms with Crippen LogP contribution in [0.5, 0.6) is 11.5 Å². The maximum absolute atomic E-state index is 12.4. The third-order valence-electron chi connectivity index (χ3n) is 5.24. The Balaban J connectivity index is 1.84. The normalized spacial score (nSPS) is 11.4. The van der Waals surface area contributed by atoms with Crippen LogP contribution in [0.4, 0.5) is 11.4 Å². The number of amides is 2. The number of hydrogen-bond acceptors (Lipinski definition) is 8. The van der Waals surface area contributed by atoms with Gasteiger partial charge in [0.15, 0.2) is 0 Å². The summed E-state index contributed by atoms with van der Waals surface area (Å²) in [6.07, 6.45) is 2.38. The SMILES string of the molecule is CCOc1ccc(N(CC(=O)NCCCNC(=O)CN(c2ccc(OCC)cc2)S(C)(=O)=O)S(C)(=O)=O)cc1. The molecule has 0 saturated carbocycles. The van der Waals surface area contributed by atoms with E-state index in [0.29, 0.717) is 42.5 Å². The molecule has 0 unspecified atom stereocenters. The van der Waals surface area contributed by atoms with Crippen molar-refractivity contribution >= 4 is 43.2 Å². The van der Waals surface area contributed by atoms with Gasteiger partial charge in [-0.15, -0.1) is 0 Å². The van der Waals surface area contributed by atoms with Gasteiger partial charge in [-0.05, 0) is 68.8 Å². The van der Waals surface area contributed by atoms with Crippen molar-refractivity contribution in [1.29, 1.82) is 0 Å². The van der Waals surface area contributed by atoms with E-state index in [-0.39, 0.29) is 13.1 Å². The van der Waals surface area contributed by atoms with Crippen molar-refractivity contribution in [2.24, 2.45) is 0 Å². The van der Waals surface area contributed by atoms with Gasteiger partial charge >= 0.3 is 0 Å². The van der Waals surface area contributed by atoms with Gasteiger partial charge in [-0.3, -0.25) is 18.2 Å². The summed E-state index contributed by atoms with van der Waals surface area (Å²) in [6.45, 7) is 4.13. The first-order chi connectivity index (χ1) is 18.3. The number of ether oxygens (including phenoxy) is 2. The zero-order chi connectivity index (χ0) is 29.1. The summed E-state index contributed by atoms with van der Waals surface area (Å²) < 4.78 is 61.7. The second kappa shape index (κ2) is 14.6. The smallest absolute Gasteiger partial charge is 0.240 e. The molecular formula is C25H36N4O8S2. The average Bonchev–Trinajstić information content (AvgIpc) is 2.86. The van der Waals surface area contributed by atoms with E-state index in [9.17, 15) is 26.4 Å². The van der Waals surface area contributed by atoms with Crippen molar-refractivity contribution < 1.29 is 35.9 Å². The highest BCUT2D eigenvalue weighted by Gasteiger charge is 2.22. The number of benzene rings is 2. The number of sulfonamides is 2. The molecule has 216 valence electrons. The highest BCUT2D eigenvalue weighted by atomic mass is 32.2. The number of carbonyl (C=O) groups excluding carboxylic acids is 2. The molecule has 14 heteroatoms. The van der Waals surface area contributed by atoms with E-state index in [4.69, 9.17) is 9.47 Å².